The summed E-state index contributed by atoms with van der Waals surface area (Å²) in [6.07, 6.45) is -0.376. The summed E-state index contributed by atoms with van der Waals surface area (Å²) in [6.45, 7) is 4.69. The van der Waals surface area contributed by atoms with Crippen molar-refractivity contribution in [3.63, 3.8) is 0 Å². The van der Waals surface area contributed by atoms with Gasteiger partial charge in [-0.15, -0.1) is 0 Å². The lowest BCUT2D eigenvalue weighted by Gasteiger charge is -2.19. The Balaban J connectivity index is 2.60. The van der Waals surface area contributed by atoms with E-state index in [1.54, 1.807) is 0 Å². The lowest BCUT2D eigenvalue weighted by atomic mass is 9.88. The predicted molar refractivity (Wildman–Crippen MR) is 112 cm³/mol. The number of benzene rings is 2. The molecular formula is C23H22O10. The summed E-state index contributed by atoms with van der Waals surface area (Å²) in [7, 11) is 0. The Kier molecular flexibility index (Phi) is 8.27. The van der Waals surface area contributed by atoms with Gasteiger partial charge in [0.2, 0.25) is 0 Å². The molecule has 0 heterocycles. The maximum Gasteiger partial charge on any atom is 0.308 e. The fourth-order valence-electron chi connectivity index (χ4n) is 3.03. The molecule has 0 aliphatic heterocycles. The van der Waals surface area contributed by atoms with Gasteiger partial charge in [0.05, 0.1) is 6.42 Å². The molecule has 2 aromatic carbocycles. The van der Waals surface area contributed by atoms with Crippen LogP contribution in [0.5, 0.6) is 23.0 Å². The number of esters is 4. The Labute approximate surface area is 189 Å². The quantitative estimate of drug-likeness (QED) is 0.463. The standard InChI is InChI=1S/C23H22O10/c1-12(24)30-19-7-5-16(9-21(19)32-14(3)26)18(11-23(28)29)17-6-8-20(31-13(2)25)22(10-17)33-15(4)27/h5-10,18H,11H2,1-4H3,(H,28,29). The highest BCUT2D eigenvalue weighted by atomic mass is 16.6. The van der Waals surface area contributed by atoms with Gasteiger partial charge in [-0.2, -0.15) is 0 Å². The fraction of sp³-hybridized carbons (Fsp3) is 0.261. The predicted octanol–water partition coefficient (Wildman–Crippen LogP) is 2.99. The summed E-state index contributed by atoms with van der Waals surface area (Å²) < 4.78 is 20.3. The number of rotatable bonds is 8. The smallest absolute Gasteiger partial charge is 0.308 e. The average molecular weight is 458 g/mol. The summed E-state index contributed by atoms with van der Waals surface area (Å²) in [6, 6.07) is 8.57. The monoisotopic (exact) mass is 458 g/mol. The van der Waals surface area contributed by atoms with E-state index < -0.39 is 35.8 Å². The molecule has 10 heteroatoms. The van der Waals surface area contributed by atoms with E-state index in [0.29, 0.717) is 11.1 Å². The number of hydrogen-bond acceptors (Lipinski definition) is 9. The van der Waals surface area contributed by atoms with E-state index in [1.807, 2.05) is 0 Å². The third-order valence-corrected chi connectivity index (χ3v) is 4.13. The lowest BCUT2D eigenvalue weighted by molar-refractivity contribution is -0.137. The molecule has 0 aliphatic rings. The van der Waals surface area contributed by atoms with Gasteiger partial charge in [-0.1, -0.05) is 12.1 Å². The van der Waals surface area contributed by atoms with Gasteiger partial charge < -0.3 is 24.1 Å². The minimum absolute atomic E-state index is 0.0127. The maximum atomic E-state index is 11.6. The number of carbonyl (C=O) groups is 5. The van der Waals surface area contributed by atoms with E-state index >= 15 is 0 Å². The first-order chi connectivity index (χ1) is 15.5. The fourth-order valence-corrected chi connectivity index (χ4v) is 3.03. The van der Waals surface area contributed by atoms with Gasteiger partial charge in [0, 0.05) is 33.6 Å². The van der Waals surface area contributed by atoms with Crippen LogP contribution in [0.4, 0.5) is 0 Å². The summed E-state index contributed by atoms with van der Waals surface area (Å²) >= 11 is 0. The molecule has 2 aromatic rings. The highest BCUT2D eigenvalue weighted by molar-refractivity contribution is 5.75. The van der Waals surface area contributed by atoms with Crippen LogP contribution < -0.4 is 18.9 Å². The second kappa shape index (κ2) is 10.9. The molecular weight excluding hydrogens is 436 g/mol. The number of hydrogen-bond donors (Lipinski definition) is 1. The molecule has 0 unspecified atom stereocenters. The third kappa shape index (κ3) is 7.46. The van der Waals surface area contributed by atoms with E-state index in [0.717, 1.165) is 13.8 Å². The summed E-state index contributed by atoms with van der Waals surface area (Å²) in [5.41, 5.74) is 0.831. The molecule has 2 rings (SSSR count). The van der Waals surface area contributed by atoms with Crippen LogP contribution in [0.2, 0.25) is 0 Å². The first kappa shape index (κ1) is 25.1. The molecule has 0 amide bonds. The molecule has 0 radical (unpaired) electrons. The number of ether oxygens (including phenoxy) is 4. The van der Waals surface area contributed by atoms with Crippen LogP contribution in [0, 0.1) is 0 Å². The number of carbonyl (C=O) groups excluding carboxylic acids is 4. The normalized spacial score (nSPS) is 10.3. The van der Waals surface area contributed by atoms with Crippen LogP contribution in [0.25, 0.3) is 0 Å². The molecule has 0 fully saturated rings. The van der Waals surface area contributed by atoms with E-state index in [9.17, 15) is 29.1 Å². The third-order valence-electron chi connectivity index (χ3n) is 4.13. The van der Waals surface area contributed by atoms with Crippen molar-refractivity contribution in [2.24, 2.45) is 0 Å². The van der Waals surface area contributed by atoms with Crippen molar-refractivity contribution in [3.05, 3.63) is 47.5 Å². The van der Waals surface area contributed by atoms with Crippen molar-refractivity contribution in [1.29, 1.82) is 0 Å². The van der Waals surface area contributed by atoms with Gasteiger partial charge >= 0.3 is 29.8 Å². The molecule has 33 heavy (non-hydrogen) atoms. The first-order valence-electron chi connectivity index (χ1n) is 9.69. The largest absolute Gasteiger partial charge is 0.481 e. The first-order valence-corrected chi connectivity index (χ1v) is 9.69. The number of carboxylic acid groups (broad SMARTS) is 1. The van der Waals surface area contributed by atoms with Crippen molar-refractivity contribution in [2.75, 3.05) is 0 Å². The molecule has 0 saturated carbocycles. The van der Waals surface area contributed by atoms with Crippen LogP contribution in [0.3, 0.4) is 0 Å². The van der Waals surface area contributed by atoms with E-state index in [1.165, 1.54) is 50.2 Å². The van der Waals surface area contributed by atoms with Crippen LogP contribution in [0.1, 0.15) is 51.2 Å². The molecule has 0 bridgehead atoms. The Hall–Kier alpha value is -4.21. The highest BCUT2D eigenvalue weighted by Crippen LogP contribution is 2.38. The number of carboxylic acids is 1. The second-order valence-electron chi connectivity index (χ2n) is 6.94. The average Bonchev–Trinajstić information content (AvgIpc) is 2.67. The van der Waals surface area contributed by atoms with Crippen molar-refractivity contribution in [2.45, 2.75) is 40.0 Å². The van der Waals surface area contributed by atoms with Gasteiger partial charge in [-0.05, 0) is 35.4 Å². The van der Waals surface area contributed by atoms with Crippen molar-refractivity contribution in [1.82, 2.24) is 0 Å². The van der Waals surface area contributed by atoms with E-state index in [-0.39, 0.29) is 29.4 Å². The van der Waals surface area contributed by atoms with E-state index in [2.05, 4.69) is 0 Å². The molecule has 10 nitrogen and oxygen atoms in total. The maximum absolute atomic E-state index is 11.6. The van der Waals surface area contributed by atoms with Gasteiger partial charge in [-0.3, -0.25) is 24.0 Å². The summed E-state index contributed by atoms with van der Waals surface area (Å²) in [5.74, 6) is -4.68. The molecule has 0 aliphatic carbocycles. The topological polar surface area (TPSA) is 143 Å². The molecule has 174 valence electrons. The summed E-state index contributed by atoms with van der Waals surface area (Å²) in [5, 5.41) is 9.47. The Morgan fingerprint density at radius 2 is 0.970 bits per heavy atom. The zero-order valence-electron chi connectivity index (χ0n) is 18.4. The van der Waals surface area contributed by atoms with Gasteiger partial charge in [-0.25, -0.2) is 0 Å². The number of aliphatic carboxylic acids is 1. The van der Waals surface area contributed by atoms with Crippen molar-refractivity contribution in [3.8, 4) is 23.0 Å². The lowest BCUT2D eigenvalue weighted by Crippen LogP contribution is -2.12. The highest BCUT2D eigenvalue weighted by Gasteiger charge is 2.23. The summed E-state index contributed by atoms with van der Waals surface area (Å²) in [4.78, 5) is 57.3. The van der Waals surface area contributed by atoms with Crippen molar-refractivity contribution >= 4 is 29.8 Å². The second-order valence-corrected chi connectivity index (χ2v) is 6.94. The zero-order valence-corrected chi connectivity index (χ0v) is 18.4. The van der Waals surface area contributed by atoms with Crippen molar-refractivity contribution < 1.29 is 48.0 Å². The van der Waals surface area contributed by atoms with Gasteiger partial charge in [0.25, 0.3) is 0 Å². The molecule has 0 aromatic heterocycles. The molecule has 0 spiro atoms. The van der Waals surface area contributed by atoms with Gasteiger partial charge in [0.15, 0.2) is 23.0 Å². The molecule has 0 saturated heterocycles. The van der Waals surface area contributed by atoms with Crippen LogP contribution in [-0.4, -0.2) is 35.0 Å². The minimum atomic E-state index is -1.13. The Morgan fingerprint density at radius 3 is 1.27 bits per heavy atom. The van der Waals surface area contributed by atoms with E-state index in [4.69, 9.17) is 18.9 Å². The molecule has 1 N–H and O–H groups in total. The SMILES string of the molecule is CC(=O)Oc1ccc(C(CC(=O)O)c2ccc(OC(C)=O)c(OC(C)=O)c2)cc1OC(C)=O. The van der Waals surface area contributed by atoms with Gasteiger partial charge in [0.1, 0.15) is 0 Å². The molecule has 0 atom stereocenters. The Morgan fingerprint density at radius 1 is 0.636 bits per heavy atom. The zero-order chi connectivity index (χ0) is 24.7. The Bertz CT molecular complexity index is 1020. The van der Waals surface area contributed by atoms with Crippen LogP contribution >= 0.6 is 0 Å². The minimum Gasteiger partial charge on any atom is -0.481 e. The van der Waals surface area contributed by atoms with Crippen LogP contribution in [-0.2, 0) is 24.0 Å². The van der Waals surface area contributed by atoms with Crippen LogP contribution in [0.15, 0.2) is 36.4 Å².